The third-order valence-electron chi connectivity index (χ3n) is 7.02. The van der Waals surface area contributed by atoms with Crippen molar-refractivity contribution in [2.45, 2.75) is 45.3 Å². The highest BCUT2D eigenvalue weighted by atomic mass is 16.6. The molecule has 0 aliphatic heterocycles. The Kier molecular flexibility index (Phi) is 14.6. The van der Waals surface area contributed by atoms with Crippen LogP contribution < -0.4 is 5.32 Å². The van der Waals surface area contributed by atoms with Gasteiger partial charge in [0.2, 0.25) is 5.91 Å². The predicted molar refractivity (Wildman–Crippen MR) is 164 cm³/mol. The van der Waals surface area contributed by atoms with E-state index in [4.69, 9.17) is 18.9 Å². The summed E-state index contributed by atoms with van der Waals surface area (Å²) in [6.07, 6.45) is 0.708. The van der Waals surface area contributed by atoms with Gasteiger partial charge in [-0.2, -0.15) is 0 Å². The van der Waals surface area contributed by atoms with Crippen molar-refractivity contribution in [3.63, 3.8) is 0 Å². The minimum atomic E-state index is -1.13. The molecule has 0 heterocycles. The highest BCUT2D eigenvalue weighted by Crippen LogP contribution is 2.21. The minimum Gasteiger partial charge on any atom is -0.463 e. The predicted octanol–water partition coefficient (Wildman–Crippen LogP) is 4.99. The molecule has 0 saturated heterocycles. The van der Waals surface area contributed by atoms with Crippen molar-refractivity contribution >= 4 is 23.8 Å². The first-order chi connectivity index (χ1) is 21.4. The molecule has 0 saturated carbocycles. The van der Waals surface area contributed by atoms with Crippen molar-refractivity contribution in [1.82, 2.24) is 5.32 Å². The number of amides is 1. The van der Waals surface area contributed by atoms with Gasteiger partial charge in [-0.1, -0.05) is 97.9 Å². The Morgan fingerprint density at radius 1 is 0.659 bits per heavy atom. The summed E-state index contributed by atoms with van der Waals surface area (Å²) in [5, 5.41) is 2.84. The largest absolute Gasteiger partial charge is 0.463 e. The van der Waals surface area contributed by atoms with Gasteiger partial charge < -0.3 is 24.3 Å². The quantitative estimate of drug-likeness (QED) is 0.0936. The molecular formula is C35H41NO8. The highest BCUT2D eigenvalue weighted by Gasteiger charge is 2.31. The van der Waals surface area contributed by atoms with E-state index in [0.29, 0.717) is 6.42 Å². The summed E-state index contributed by atoms with van der Waals surface area (Å²) in [5.74, 6) is -3.99. The number of nitrogens with one attached hydrogen (secondary N) is 1. The number of esters is 3. The van der Waals surface area contributed by atoms with E-state index in [1.165, 1.54) is 7.11 Å². The number of hydrogen-bond acceptors (Lipinski definition) is 8. The monoisotopic (exact) mass is 603 g/mol. The molecule has 0 aromatic heterocycles. The van der Waals surface area contributed by atoms with Gasteiger partial charge in [0.05, 0.1) is 12.5 Å². The fraction of sp³-hybridized carbons (Fsp3) is 0.371. The van der Waals surface area contributed by atoms with E-state index < -0.39 is 29.7 Å². The molecule has 3 rings (SSSR count). The molecule has 0 spiro atoms. The number of methoxy groups -OCH3 is 1. The van der Waals surface area contributed by atoms with Crippen LogP contribution in [0.2, 0.25) is 0 Å². The normalized spacial score (nSPS) is 12.2. The molecule has 0 fully saturated rings. The minimum absolute atomic E-state index is 0.0383. The molecule has 1 amide bonds. The van der Waals surface area contributed by atoms with Crippen LogP contribution in [0.5, 0.6) is 0 Å². The van der Waals surface area contributed by atoms with E-state index in [-0.39, 0.29) is 57.6 Å². The van der Waals surface area contributed by atoms with Crippen LogP contribution >= 0.6 is 0 Å². The second kappa shape index (κ2) is 18.9. The second-order valence-corrected chi connectivity index (χ2v) is 10.6. The van der Waals surface area contributed by atoms with Crippen molar-refractivity contribution in [3.8, 4) is 0 Å². The van der Waals surface area contributed by atoms with Gasteiger partial charge in [0.15, 0.2) is 5.92 Å². The zero-order valence-electron chi connectivity index (χ0n) is 25.3. The summed E-state index contributed by atoms with van der Waals surface area (Å²) in [6.45, 7) is 2.41. The van der Waals surface area contributed by atoms with Gasteiger partial charge in [0.25, 0.3) is 0 Å². The Morgan fingerprint density at radius 3 is 1.70 bits per heavy atom. The number of benzene rings is 3. The average molecular weight is 604 g/mol. The first-order valence-electron chi connectivity index (χ1n) is 14.8. The third kappa shape index (κ3) is 12.0. The Balaban J connectivity index is 1.55. The summed E-state index contributed by atoms with van der Waals surface area (Å²) in [7, 11) is 1.52. The molecule has 2 atom stereocenters. The van der Waals surface area contributed by atoms with Crippen LogP contribution in [0.1, 0.15) is 48.8 Å². The average Bonchev–Trinajstić information content (AvgIpc) is 3.04. The lowest BCUT2D eigenvalue weighted by Gasteiger charge is -2.19. The van der Waals surface area contributed by atoms with E-state index in [2.05, 4.69) is 5.32 Å². The fourth-order valence-corrected chi connectivity index (χ4v) is 4.50. The maximum Gasteiger partial charge on any atom is 0.320 e. The van der Waals surface area contributed by atoms with Gasteiger partial charge in [0.1, 0.15) is 19.8 Å². The van der Waals surface area contributed by atoms with Gasteiger partial charge in [0, 0.05) is 20.1 Å². The number of carbonyl (C=O) groups excluding carboxylic acids is 4. The molecule has 3 aromatic rings. The van der Waals surface area contributed by atoms with Gasteiger partial charge in [-0.15, -0.1) is 0 Å². The number of ether oxygens (including phenoxy) is 4. The molecule has 0 aliphatic rings. The zero-order chi connectivity index (χ0) is 31.6. The van der Waals surface area contributed by atoms with Crippen molar-refractivity contribution in [2.75, 3.05) is 26.9 Å². The molecule has 234 valence electrons. The Labute approximate surface area is 258 Å². The number of carbonyl (C=O) groups is 4. The van der Waals surface area contributed by atoms with Crippen LogP contribution in [0.4, 0.5) is 0 Å². The van der Waals surface area contributed by atoms with E-state index in [0.717, 1.165) is 16.7 Å². The van der Waals surface area contributed by atoms with Crippen LogP contribution in [-0.2, 0) is 51.3 Å². The van der Waals surface area contributed by atoms with Gasteiger partial charge in [-0.25, -0.2) is 0 Å². The molecule has 3 aromatic carbocycles. The summed E-state index contributed by atoms with van der Waals surface area (Å²) < 4.78 is 21.2. The zero-order valence-corrected chi connectivity index (χ0v) is 25.3. The summed E-state index contributed by atoms with van der Waals surface area (Å²) >= 11 is 0. The van der Waals surface area contributed by atoms with E-state index >= 15 is 0 Å². The van der Waals surface area contributed by atoms with E-state index in [9.17, 15) is 19.2 Å². The molecule has 0 aliphatic carbocycles. The lowest BCUT2D eigenvalue weighted by molar-refractivity contribution is -0.164. The van der Waals surface area contributed by atoms with Crippen molar-refractivity contribution in [1.29, 1.82) is 0 Å². The van der Waals surface area contributed by atoms with Crippen molar-refractivity contribution in [3.05, 3.63) is 108 Å². The SMILES string of the molecule is COCCOC(=O)C(CNC(=O)CC(C)CCC(C(=O)OCc1ccccc1)C(=O)OCc1ccccc1)c1ccccc1. The van der Waals surface area contributed by atoms with Gasteiger partial charge >= 0.3 is 17.9 Å². The fourth-order valence-electron chi connectivity index (χ4n) is 4.50. The third-order valence-corrected chi connectivity index (χ3v) is 7.02. The Hall–Kier alpha value is -4.50. The molecular weight excluding hydrogens is 562 g/mol. The van der Waals surface area contributed by atoms with Crippen LogP contribution in [-0.4, -0.2) is 50.7 Å². The maximum absolute atomic E-state index is 13.0. The standard InChI is InChI=1S/C35H41NO8/c1-26(22-32(37)36-23-31(29-16-10-5-11-17-29)35(40)42-21-20-41-2)18-19-30(33(38)43-24-27-12-6-3-7-13-27)34(39)44-25-28-14-8-4-9-15-28/h3-17,26,30-31H,18-25H2,1-2H3,(H,36,37). The van der Waals surface area contributed by atoms with Gasteiger partial charge in [-0.3, -0.25) is 19.2 Å². The first-order valence-corrected chi connectivity index (χ1v) is 14.8. The molecule has 44 heavy (non-hydrogen) atoms. The first kappa shape index (κ1) is 34.0. The molecule has 0 bridgehead atoms. The van der Waals surface area contributed by atoms with E-state index in [1.54, 1.807) is 0 Å². The van der Waals surface area contributed by atoms with Crippen molar-refractivity contribution in [2.24, 2.45) is 11.8 Å². The molecule has 9 heteroatoms. The summed E-state index contributed by atoms with van der Waals surface area (Å²) in [6, 6.07) is 27.5. The molecule has 0 radical (unpaired) electrons. The molecule has 9 nitrogen and oxygen atoms in total. The van der Waals surface area contributed by atoms with Crippen LogP contribution in [0, 0.1) is 11.8 Å². The number of rotatable bonds is 18. The van der Waals surface area contributed by atoms with Crippen LogP contribution in [0.15, 0.2) is 91.0 Å². The van der Waals surface area contributed by atoms with Crippen LogP contribution in [0.3, 0.4) is 0 Å². The molecule has 1 N–H and O–H groups in total. The summed E-state index contributed by atoms with van der Waals surface area (Å²) in [5.41, 5.74) is 2.34. The highest BCUT2D eigenvalue weighted by molar-refractivity contribution is 5.94. The number of hydrogen-bond donors (Lipinski definition) is 1. The Morgan fingerprint density at radius 2 is 1.18 bits per heavy atom. The Bertz CT molecular complexity index is 1240. The van der Waals surface area contributed by atoms with E-state index in [1.807, 2.05) is 97.9 Å². The summed E-state index contributed by atoms with van der Waals surface area (Å²) in [4.78, 5) is 51.6. The topological polar surface area (TPSA) is 117 Å². The van der Waals surface area contributed by atoms with Crippen LogP contribution in [0.25, 0.3) is 0 Å². The second-order valence-electron chi connectivity index (χ2n) is 10.6. The maximum atomic E-state index is 13.0. The smallest absolute Gasteiger partial charge is 0.320 e. The van der Waals surface area contributed by atoms with Gasteiger partial charge in [-0.05, 0) is 35.4 Å². The van der Waals surface area contributed by atoms with Crippen molar-refractivity contribution < 1.29 is 38.1 Å². The lowest BCUT2D eigenvalue weighted by atomic mass is 9.94. The molecule has 2 unspecified atom stereocenters. The lowest BCUT2D eigenvalue weighted by Crippen LogP contribution is -2.34.